The molecule has 134 valence electrons. The molecule has 1 aromatic carbocycles. The summed E-state index contributed by atoms with van der Waals surface area (Å²) in [5.41, 5.74) is 1.06. The van der Waals surface area contributed by atoms with Gasteiger partial charge in [-0.15, -0.1) is 0 Å². The molecule has 2 rings (SSSR count). The standard InChI is InChI=1S/C19H30N2O3/c1-14(2)18-16(9-6-10-24-18)12-20-19(23)21-13-17(22)11-15-7-4-3-5-8-15/h3-5,7-8,14,16-18,22H,6,9-13H2,1-2H3,(H2,20,21,23). The Hall–Kier alpha value is -1.59. The van der Waals surface area contributed by atoms with Crippen molar-refractivity contribution in [2.75, 3.05) is 19.7 Å². The second kappa shape index (κ2) is 9.64. The topological polar surface area (TPSA) is 70.6 Å². The van der Waals surface area contributed by atoms with Crippen molar-refractivity contribution in [3.05, 3.63) is 35.9 Å². The summed E-state index contributed by atoms with van der Waals surface area (Å²) in [6.07, 6.45) is 2.29. The minimum absolute atomic E-state index is 0.211. The lowest BCUT2D eigenvalue weighted by molar-refractivity contribution is -0.0508. The monoisotopic (exact) mass is 334 g/mol. The molecule has 3 unspecified atom stereocenters. The number of urea groups is 1. The SMILES string of the molecule is CC(C)C1OCCCC1CNC(=O)NCC(O)Cc1ccccc1. The van der Waals surface area contributed by atoms with E-state index in [0.717, 1.165) is 25.0 Å². The fourth-order valence-corrected chi connectivity index (χ4v) is 3.28. The minimum Gasteiger partial charge on any atom is -0.391 e. The molecule has 24 heavy (non-hydrogen) atoms. The van der Waals surface area contributed by atoms with Crippen LogP contribution in [0.3, 0.4) is 0 Å². The first-order valence-corrected chi connectivity index (χ1v) is 8.91. The Bertz CT molecular complexity index is 493. The van der Waals surface area contributed by atoms with E-state index < -0.39 is 6.10 Å². The number of nitrogens with one attached hydrogen (secondary N) is 2. The van der Waals surface area contributed by atoms with E-state index in [2.05, 4.69) is 24.5 Å². The lowest BCUT2D eigenvalue weighted by atomic mass is 9.87. The van der Waals surface area contributed by atoms with Crippen LogP contribution in [0, 0.1) is 11.8 Å². The normalized spacial score (nSPS) is 22.2. The van der Waals surface area contributed by atoms with Crippen molar-refractivity contribution in [3.63, 3.8) is 0 Å². The summed E-state index contributed by atoms with van der Waals surface area (Å²) in [5.74, 6) is 0.812. The highest BCUT2D eigenvalue weighted by molar-refractivity contribution is 5.73. The number of hydrogen-bond acceptors (Lipinski definition) is 3. The third kappa shape index (κ3) is 6.13. The molecule has 1 aromatic rings. The number of hydrogen-bond donors (Lipinski definition) is 3. The molecule has 3 atom stereocenters. The van der Waals surface area contributed by atoms with Crippen LogP contribution in [-0.2, 0) is 11.2 Å². The molecule has 0 bridgehead atoms. The number of benzene rings is 1. The number of rotatable bonds is 7. The summed E-state index contributed by atoms with van der Waals surface area (Å²) < 4.78 is 5.84. The highest BCUT2D eigenvalue weighted by atomic mass is 16.5. The van der Waals surface area contributed by atoms with Gasteiger partial charge in [-0.1, -0.05) is 44.2 Å². The smallest absolute Gasteiger partial charge is 0.314 e. The van der Waals surface area contributed by atoms with Crippen LogP contribution < -0.4 is 10.6 Å². The van der Waals surface area contributed by atoms with Gasteiger partial charge in [0.05, 0.1) is 12.2 Å². The molecular weight excluding hydrogens is 304 g/mol. The van der Waals surface area contributed by atoms with Crippen molar-refractivity contribution in [2.45, 2.75) is 45.3 Å². The molecule has 0 saturated carbocycles. The van der Waals surface area contributed by atoms with Gasteiger partial charge in [-0.2, -0.15) is 0 Å². The maximum atomic E-state index is 11.9. The fraction of sp³-hybridized carbons (Fsp3) is 0.632. The lowest BCUT2D eigenvalue weighted by Gasteiger charge is -2.34. The molecule has 5 nitrogen and oxygen atoms in total. The van der Waals surface area contributed by atoms with Crippen LogP contribution in [0.15, 0.2) is 30.3 Å². The Kier molecular flexibility index (Phi) is 7.53. The van der Waals surface area contributed by atoms with Crippen LogP contribution >= 0.6 is 0 Å². The first-order valence-electron chi connectivity index (χ1n) is 8.91. The minimum atomic E-state index is -0.584. The van der Waals surface area contributed by atoms with Gasteiger partial charge in [-0.05, 0) is 24.3 Å². The van der Waals surface area contributed by atoms with Crippen LogP contribution in [0.25, 0.3) is 0 Å². The van der Waals surface area contributed by atoms with E-state index in [1.165, 1.54) is 0 Å². The number of carbonyl (C=O) groups is 1. The largest absolute Gasteiger partial charge is 0.391 e. The Morgan fingerprint density at radius 1 is 1.29 bits per heavy atom. The van der Waals surface area contributed by atoms with Crippen LogP contribution in [0.1, 0.15) is 32.3 Å². The first-order chi connectivity index (χ1) is 11.6. The second-order valence-electron chi connectivity index (χ2n) is 6.92. The summed E-state index contributed by atoms with van der Waals surface area (Å²) in [4.78, 5) is 11.9. The van der Waals surface area contributed by atoms with Crippen molar-refractivity contribution in [2.24, 2.45) is 11.8 Å². The van der Waals surface area contributed by atoms with E-state index >= 15 is 0 Å². The Labute approximate surface area is 144 Å². The van der Waals surface area contributed by atoms with Crippen molar-refractivity contribution in [3.8, 4) is 0 Å². The number of ether oxygens (including phenoxy) is 1. The predicted molar refractivity (Wildman–Crippen MR) is 94.9 cm³/mol. The van der Waals surface area contributed by atoms with E-state index in [4.69, 9.17) is 4.74 Å². The number of carbonyl (C=O) groups excluding carboxylic acids is 1. The van der Waals surface area contributed by atoms with Gasteiger partial charge in [-0.3, -0.25) is 0 Å². The molecule has 0 aromatic heterocycles. The first kappa shape index (κ1) is 18.7. The van der Waals surface area contributed by atoms with E-state index in [-0.39, 0.29) is 18.7 Å². The summed E-state index contributed by atoms with van der Waals surface area (Å²) >= 11 is 0. The molecule has 0 radical (unpaired) electrons. The van der Waals surface area contributed by atoms with Gasteiger partial charge in [0.1, 0.15) is 0 Å². The Morgan fingerprint density at radius 2 is 2.04 bits per heavy atom. The Morgan fingerprint density at radius 3 is 2.75 bits per heavy atom. The summed E-state index contributed by atoms with van der Waals surface area (Å²) in [7, 11) is 0. The average molecular weight is 334 g/mol. The van der Waals surface area contributed by atoms with Crippen LogP contribution in [0.5, 0.6) is 0 Å². The van der Waals surface area contributed by atoms with Crippen molar-refractivity contribution in [1.29, 1.82) is 0 Å². The zero-order chi connectivity index (χ0) is 17.4. The summed E-state index contributed by atoms with van der Waals surface area (Å²) in [6.45, 7) is 5.99. The maximum Gasteiger partial charge on any atom is 0.314 e. The molecule has 5 heteroatoms. The lowest BCUT2D eigenvalue weighted by Crippen LogP contribution is -2.45. The van der Waals surface area contributed by atoms with Crippen LogP contribution in [-0.4, -0.2) is 43.0 Å². The Balaban J connectivity index is 1.67. The summed E-state index contributed by atoms with van der Waals surface area (Å²) in [6, 6.07) is 9.55. The molecule has 1 saturated heterocycles. The third-order valence-electron chi connectivity index (χ3n) is 4.49. The highest BCUT2D eigenvalue weighted by Gasteiger charge is 2.28. The van der Waals surface area contributed by atoms with E-state index in [1.54, 1.807) is 0 Å². The van der Waals surface area contributed by atoms with Gasteiger partial charge in [0.15, 0.2) is 0 Å². The fourth-order valence-electron chi connectivity index (χ4n) is 3.28. The third-order valence-corrected chi connectivity index (χ3v) is 4.49. The molecule has 0 spiro atoms. The molecule has 0 aliphatic carbocycles. The van der Waals surface area contributed by atoms with Gasteiger partial charge in [-0.25, -0.2) is 4.79 Å². The van der Waals surface area contributed by atoms with Crippen LogP contribution in [0.2, 0.25) is 0 Å². The molecule has 1 fully saturated rings. The van der Waals surface area contributed by atoms with E-state index in [1.807, 2.05) is 30.3 Å². The van der Waals surface area contributed by atoms with Crippen molar-refractivity contribution in [1.82, 2.24) is 10.6 Å². The van der Waals surface area contributed by atoms with Crippen molar-refractivity contribution < 1.29 is 14.6 Å². The number of aliphatic hydroxyl groups is 1. The predicted octanol–water partition coefficient (Wildman–Crippen LogP) is 2.34. The molecular formula is C19H30N2O3. The van der Waals surface area contributed by atoms with E-state index in [0.29, 0.717) is 24.8 Å². The van der Waals surface area contributed by atoms with Gasteiger partial charge >= 0.3 is 6.03 Å². The van der Waals surface area contributed by atoms with E-state index in [9.17, 15) is 9.90 Å². The quantitative estimate of drug-likeness (QED) is 0.717. The highest BCUT2D eigenvalue weighted by Crippen LogP contribution is 2.25. The molecule has 1 heterocycles. The second-order valence-corrected chi connectivity index (χ2v) is 6.92. The molecule has 2 amide bonds. The molecule has 3 N–H and O–H groups in total. The average Bonchev–Trinajstić information content (AvgIpc) is 2.59. The number of aliphatic hydroxyl groups excluding tert-OH is 1. The zero-order valence-corrected chi connectivity index (χ0v) is 14.7. The molecule has 1 aliphatic heterocycles. The van der Waals surface area contributed by atoms with Gasteiger partial charge in [0.25, 0.3) is 0 Å². The molecule has 1 aliphatic rings. The van der Waals surface area contributed by atoms with Gasteiger partial charge < -0.3 is 20.5 Å². The number of amides is 2. The maximum absolute atomic E-state index is 11.9. The summed E-state index contributed by atoms with van der Waals surface area (Å²) in [5, 5.41) is 15.7. The zero-order valence-electron chi connectivity index (χ0n) is 14.7. The van der Waals surface area contributed by atoms with Crippen LogP contribution in [0.4, 0.5) is 4.79 Å². The van der Waals surface area contributed by atoms with Crippen molar-refractivity contribution >= 4 is 6.03 Å². The van der Waals surface area contributed by atoms with Gasteiger partial charge in [0.2, 0.25) is 0 Å². The van der Waals surface area contributed by atoms with Gasteiger partial charge in [0, 0.05) is 32.0 Å².